The minimum Gasteiger partial charge on any atom is -0.308 e. The van der Waals surface area contributed by atoms with E-state index in [9.17, 15) is 18.0 Å². The van der Waals surface area contributed by atoms with E-state index in [-0.39, 0.29) is 5.69 Å². The van der Waals surface area contributed by atoms with Crippen molar-refractivity contribution in [2.24, 2.45) is 0 Å². The molecule has 116 valence electrons. The Bertz CT molecular complexity index is 676. The maximum absolute atomic E-state index is 12.6. The minimum absolute atomic E-state index is 0.0820. The Morgan fingerprint density at radius 3 is 2.14 bits per heavy atom. The van der Waals surface area contributed by atoms with Crippen LogP contribution in [0.5, 0.6) is 0 Å². The van der Waals surface area contributed by atoms with Crippen molar-refractivity contribution in [3.63, 3.8) is 0 Å². The second-order valence-corrected chi connectivity index (χ2v) is 4.92. The van der Waals surface area contributed by atoms with Crippen LogP contribution in [-0.4, -0.2) is 6.03 Å². The number of alkyl halides is 3. The third kappa shape index (κ3) is 3.78. The predicted molar refractivity (Wildman–Crippen MR) is 80.0 cm³/mol. The molecule has 6 heteroatoms. The van der Waals surface area contributed by atoms with Gasteiger partial charge < -0.3 is 10.6 Å². The summed E-state index contributed by atoms with van der Waals surface area (Å²) in [4.78, 5) is 11.9. The van der Waals surface area contributed by atoms with Gasteiger partial charge in [0.25, 0.3) is 0 Å². The third-order valence-electron chi connectivity index (χ3n) is 3.17. The monoisotopic (exact) mass is 308 g/mol. The molecular formula is C16H15F3N2O. The van der Waals surface area contributed by atoms with Gasteiger partial charge in [-0.3, -0.25) is 0 Å². The lowest BCUT2D eigenvalue weighted by Crippen LogP contribution is -2.21. The normalized spacial score (nSPS) is 11.1. The van der Waals surface area contributed by atoms with Crippen LogP contribution < -0.4 is 10.6 Å². The highest BCUT2D eigenvalue weighted by Gasteiger charge is 2.30. The van der Waals surface area contributed by atoms with Crippen LogP contribution >= 0.6 is 0 Å². The van der Waals surface area contributed by atoms with E-state index < -0.39 is 17.8 Å². The average Bonchev–Trinajstić information content (AvgIpc) is 2.42. The molecule has 0 aliphatic heterocycles. The number of halogens is 3. The molecule has 0 fully saturated rings. The molecule has 0 unspecified atom stereocenters. The van der Waals surface area contributed by atoms with Gasteiger partial charge in [0, 0.05) is 11.4 Å². The summed E-state index contributed by atoms with van der Waals surface area (Å²) in [5.41, 5.74) is 1.67. The standard InChI is InChI=1S/C16H15F3N2O/c1-10-5-3-6-11(2)14(10)21-15(22)20-13-8-4-7-12(9-13)16(17,18)19/h3-9H,1-2H3,(H2,20,21,22). The van der Waals surface area contributed by atoms with E-state index in [2.05, 4.69) is 10.6 Å². The van der Waals surface area contributed by atoms with Crippen LogP contribution in [0.2, 0.25) is 0 Å². The first-order valence-corrected chi connectivity index (χ1v) is 6.59. The van der Waals surface area contributed by atoms with E-state index in [4.69, 9.17) is 0 Å². The molecule has 0 saturated carbocycles. The first-order valence-electron chi connectivity index (χ1n) is 6.59. The Hall–Kier alpha value is -2.50. The zero-order chi connectivity index (χ0) is 16.3. The maximum atomic E-state index is 12.6. The van der Waals surface area contributed by atoms with Gasteiger partial charge in [-0.1, -0.05) is 24.3 Å². The van der Waals surface area contributed by atoms with E-state index in [1.165, 1.54) is 12.1 Å². The van der Waals surface area contributed by atoms with Gasteiger partial charge in [0.15, 0.2) is 0 Å². The maximum Gasteiger partial charge on any atom is 0.416 e. The number of carbonyl (C=O) groups is 1. The van der Waals surface area contributed by atoms with Crippen LogP contribution in [0.3, 0.4) is 0 Å². The van der Waals surface area contributed by atoms with Gasteiger partial charge >= 0.3 is 12.2 Å². The summed E-state index contributed by atoms with van der Waals surface area (Å²) < 4.78 is 37.9. The number of rotatable bonds is 2. The van der Waals surface area contributed by atoms with Crippen molar-refractivity contribution in [3.8, 4) is 0 Å². The summed E-state index contributed by atoms with van der Waals surface area (Å²) >= 11 is 0. The summed E-state index contributed by atoms with van der Waals surface area (Å²) in [6.07, 6.45) is -4.44. The topological polar surface area (TPSA) is 41.1 Å². The summed E-state index contributed by atoms with van der Waals surface area (Å²) in [6.45, 7) is 3.68. The van der Waals surface area contributed by atoms with Crippen LogP contribution in [0.15, 0.2) is 42.5 Å². The van der Waals surface area contributed by atoms with Crippen molar-refractivity contribution in [3.05, 3.63) is 59.2 Å². The van der Waals surface area contributed by atoms with E-state index in [0.29, 0.717) is 5.69 Å². The Labute approximate surface area is 126 Å². The highest BCUT2D eigenvalue weighted by molar-refractivity contribution is 6.00. The molecule has 0 heterocycles. The van der Waals surface area contributed by atoms with E-state index >= 15 is 0 Å². The second kappa shape index (κ2) is 6.09. The van der Waals surface area contributed by atoms with Crippen molar-refractivity contribution in [1.29, 1.82) is 0 Å². The largest absolute Gasteiger partial charge is 0.416 e. The Morgan fingerprint density at radius 2 is 1.55 bits per heavy atom. The van der Waals surface area contributed by atoms with Crippen molar-refractivity contribution in [2.45, 2.75) is 20.0 Å². The summed E-state index contributed by atoms with van der Waals surface area (Å²) in [7, 11) is 0. The molecule has 0 aliphatic rings. The van der Waals surface area contributed by atoms with Crippen molar-refractivity contribution < 1.29 is 18.0 Å². The lowest BCUT2D eigenvalue weighted by Gasteiger charge is -2.13. The number of urea groups is 1. The smallest absolute Gasteiger partial charge is 0.308 e. The molecule has 0 atom stereocenters. The molecule has 0 bridgehead atoms. The fraction of sp³-hybridized carbons (Fsp3) is 0.188. The van der Waals surface area contributed by atoms with Crippen LogP contribution in [0.4, 0.5) is 29.3 Å². The lowest BCUT2D eigenvalue weighted by atomic mass is 10.1. The number of nitrogens with one attached hydrogen (secondary N) is 2. The quantitative estimate of drug-likeness (QED) is 0.808. The number of aryl methyl sites for hydroxylation is 2. The van der Waals surface area contributed by atoms with E-state index in [1.54, 1.807) is 0 Å². The Kier molecular flexibility index (Phi) is 4.40. The fourth-order valence-electron chi connectivity index (χ4n) is 2.06. The average molecular weight is 308 g/mol. The first kappa shape index (κ1) is 15.9. The van der Waals surface area contributed by atoms with Gasteiger partial charge in [-0.25, -0.2) is 4.79 Å². The molecule has 0 spiro atoms. The molecular weight excluding hydrogens is 293 g/mol. The van der Waals surface area contributed by atoms with E-state index in [0.717, 1.165) is 23.3 Å². The minimum atomic E-state index is -4.44. The third-order valence-corrected chi connectivity index (χ3v) is 3.17. The fourth-order valence-corrected chi connectivity index (χ4v) is 2.06. The molecule has 2 N–H and O–H groups in total. The molecule has 2 aromatic carbocycles. The van der Waals surface area contributed by atoms with Gasteiger partial charge in [0.2, 0.25) is 0 Å². The van der Waals surface area contributed by atoms with Gasteiger partial charge in [-0.2, -0.15) is 13.2 Å². The van der Waals surface area contributed by atoms with Gasteiger partial charge in [0.05, 0.1) is 5.56 Å². The molecule has 0 aliphatic carbocycles. The van der Waals surface area contributed by atoms with Crippen LogP contribution in [0, 0.1) is 13.8 Å². The summed E-state index contributed by atoms with van der Waals surface area (Å²) in [5.74, 6) is 0. The lowest BCUT2D eigenvalue weighted by molar-refractivity contribution is -0.137. The molecule has 0 saturated heterocycles. The van der Waals surface area contributed by atoms with Crippen LogP contribution in [0.1, 0.15) is 16.7 Å². The van der Waals surface area contributed by atoms with Crippen molar-refractivity contribution >= 4 is 17.4 Å². The van der Waals surface area contributed by atoms with Gasteiger partial charge in [-0.15, -0.1) is 0 Å². The van der Waals surface area contributed by atoms with Crippen molar-refractivity contribution in [2.75, 3.05) is 10.6 Å². The van der Waals surface area contributed by atoms with Gasteiger partial charge in [0.1, 0.15) is 0 Å². The molecule has 22 heavy (non-hydrogen) atoms. The number of benzene rings is 2. The predicted octanol–water partition coefficient (Wildman–Crippen LogP) is 4.97. The van der Waals surface area contributed by atoms with Crippen LogP contribution in [0.25, 0.3) is 0 Å². The highest BCUT2D eigenvalue weighted by Crippen LogP contribution is 2.30. The SMILES string of the molecule is Cc1cccc(C)c1NC(=O)Nc1cccc(C(F)(F)F)c1. The van der Waals surface area contributed by atoms with E-state index in [1.807, 2.05) is 32.0 Å². The zero-order valence-electron chi connectivity index (χ0n) is 12.1. The number of hydrogen-bond acceptors (Lipinski definition) is 1. The molecule has 2 aromatic rings. The Balaban J connectivity index is 2.13. The van der Waals surface area contributed by atoms with Gasteiger partial charge in [-0.05, 0) is 43.2 Å². The number of para-hydroxylation sites is 1. The second-order valence-electron chi connectivity index (χ2n) is 4.92. The Morgan fingerprint density at radius 1 is 0.955 bits per heavy atom. The molecule has 0 aromatic heterocycles. The van der Waals surface area contributed by atoms with Crippen LogP contribution in [-0.2, 0) is 6.18 Å². The number of hydrogen-bond donors (Lipinski definition) is 2. The zero-order valence-corrected chi connectivity index (χ0v) is 12.1. The summed E-state index contributed by atoms with van der Waals surface area (Å²) in [6, 6.07) is 9.45. The number of carbonyl (C=O) groups excluding carboxylic acids is 1. The highest BCUT2D eigenvalue weighted by atomic mass is 19.4. The molecule has 3 nitrogen and oxygen atoms in total. The van der Waals surface area contributed by atoms with Crippen molar-refractivity contribution in [1.82, 2.24) is 0 Å². The number of amides is 2. The number of anilines is 2. The first-order chi connectivity index (χ1) is 10.3. The molecule has 2 rings (SSSR count). The summed E-state index contributed by atoms with van der Waals surface area (Å²) in [5, 5.41) is 5.06. The molecule has 2 amide bonds. The molecule has 0 radical (unpaired) electrons.